The van der Waals surface area contributed by atoms with E-state index in [2.05, 4.69) is 26.1 Å². The Kier molecular flexibility index (Phi) is 6.27. The fourth-order valence-electron chi connectivity index (χ4n) is 1.32. The number of aromatic nitrogens is 2. The van der Waals surface area contributed by atoms with Crippen molar-refractivity contribution >= 4 is 11.9 Å². The molecule has 1 unspecified atom stereocenters. The van der Waals surface area contributed by atoms with E-state index in [9.17, 15) is 4.79 Å². The highest BCUT2D eigenvalue weighted by atomic mass is 16.4. The van der Waals surface area contributed by atoms with E-state index >= 15 is 0 Å². The summed E-state index contributed by atoms with van der Waals surface area (Å²) in [6.45, 7) is 9.85. The molecule has 1 heterocycles. The molecule has 0 aliphatic carbocycles. The third-order valence-corrected chi connectivity index (χ3v) is 2.41. The van der Waals surface area contributed by atoms with Gasteiger partial charge in [0.25, 0.3) is 0 Å². The average molecular weight is 269 g/mol. The van der Waals surface area contributed by atoms with Crippen LogP contribution in [0.4, 0.5) is 6.01 Å². The lowest BCUT2D eigenvalue weighted by molar-refractivity contribution is -0.121. The van der Waals surface area contributed by atoms with Crippen LogP contribution in [-0.2, 0) is 11.3 Å². The topological polar surface area (TPSA) is 92.1 Å². The largest absolute Gasteiger partial charge is 0.407 e. The molecule has 7 heteroatoms. The first-order chi connectivity index (χ1) is 9.02. The Morgan fingerprint density at radius 1 is 1.32 bits per heavy atom. The summed E-state index contributed by atoms with van der Waals surface area (Å²) in [6.07, 6.45) is 0. The van der Waals surface area contributed by atoms with Gasteiger partial charge >= 0.3 is 6.01 Å². The number of amides is 1. The summed E-state index contributed by atoms with van der Waals surface area (Å²) in [5.41, 5.74) is 0. The van der Waals surface area contributed by atoms with E-state index in [1.54, 1.807) is 6.92 Å². The van der Waals surface area contributed by atoms with Crippen LogP contribution in [0.5, 0.6) is 0 Å². The second kappa shape index (κ2) is 7.73. The van der Waals surface area contributed by atoms with Crippen molar-refractivity contribution in [1.82, 2.24) is 20.8 Å². The minimum Gasteiger partial charge on any atom is -0.407 e. The molecule has 0 saturated heterocycles. The zero-order valence-electron chi connectivity index (χ0n) is 12.0. The molecule has 1 atom stereocenters. The molecule has 7 nitrogen and oxygen atoms in total. The smallest absolute Gasteiger partial charge is 0.316 e. The normalized spacial score (nSPS) is 12.5. The summed E-state index contributed by atoms with van der Waals surface area (Å²) in [6, 6.07) is -0.147. The molecule has 0 spiro atoms. The third kappa shape index (κ3) is 5.69. The first-order valence-electron chi connectivity index (χ1n) is 6.60. The highest BCUT2D eigenvalue weighted by Gasteiger charge is 2.15. The number of carbonyl (C=O) groups is 1. The predicted molar refractivity (Wildman–Crippen MR) is 72.6 cm³/mol. The second-order valence-corrected chi connectivity index (χ2v) is 4.79. The van der Waals surface area contributed by atoms with Crippen molar-refractivity contribution in [2.45, 2.75) is 40.3 Å². The molecule has 0 saturated carbocycles. The lowest BCUT2D eigenvalue weighted by Crippen LogP contribution is -2.39. The van der Waals surface area contributed by atoms with Crippen LogP contribution in [0, 0.1) is 5.92 Å². The molecule has 0 fully saturated rings. The van der Waals surface area contributed by atoms with Gasteiger partial charge in [-0.05, 0) is 19.4 Å². The molecule has 0 bridgehead atoms. The standard InChI is InChI=1S/C12H23N5O2/c1-5-13-7-10-16-17-12(19-10)15-9(4)11(18)14-6-8(2)3/h8-9,13H,5-7H2,1-4H3,(H,14,18)(H,15,17). The number of carbonyl (C=O) groups excluding carboxylic acids is 1. The van der Waals surface area contributed by atoms with Crippen molar-refractivity contribution in [2.24, 2.45) is 5.92 Å². The van der Waals surface area contributed by atoms with Gasteiger partial charge in [0.2, 0.25) is 11.8 Å². The van der Waals surface area contributed by atoms with Crippen molar-refractivity contribution in [3.63, 3.8) is 0 Å². The second-order valence-electron chi connectivity index (χ2n) is 4.79. The van der Waals surface area contributed by atoms with Crippen LogP contribution in [0.1, 0.15) is 33.6 Å². The molecular weight excluding hydrogens is 246 g/mol. The first-order valence-corrected chi connectivity index (χ1v) is 6.60. The molecule has 1 amide bonds. The van der Waals surface area contributed by atoms with Crippen molar-refractivity contribution in [3.8, 4) is 0 Å². The summed E-state index contributed by atoms with van der Waals surface area (Å²) in [4.78, 5) is 11.8. The number of hydrogen-bond acceptors (Lipinski definition) is 6. The van der Waals surface area contributed by atoms with E-state index in [1.165, 1.54) is 0 Å². The SMILES string of the molecule is CCNCc1nnc(NC(C)C(=O)NCC(C)C)o1. The number of anilines is 1. The quantitative estimate of drug-likeness (QED) is 0.645. The number of nitrogens with zero attached hydrogens (tertiary/aromatic N) is 2. The van der Waals surface area contributed by atoms with Crippen LogP contribution in [0.3, 0.4) is 0 Å². The van der Waals surface area contributed by atoms with E-state index in [0.29, 0.717) is 24.9 Å². The Bertz CT molecular complexity index is 391. The lowest BCUT2D eigenvalue weighted by Gasteiger charge is -2.13. The van der Waals surface area contributed by atoms with E-state index < -0.39 is 6.04 Å². The third-order valence-electron chi connectivity index (χ3n) is 2.41. The molecule has 1 aromatic heterocycles. The zero-order chi connectivity index (χ0) is 14.3. The molecule has 1 aromatic rings. The van der Waals surface area contributed by atoms with Gasteiger partial charge in [0, 0.05) is 6.54 Å². The van der Waals surface area contributed by atoms with Crippen molar-refractivity contribution in [3.05, 3.63) is 5.89 Å². The summed E-state index contributed by atoms with van der Waals surface area (Å²) >= 11 is 0. The Morgan fingerprint density at radius 3 is 2.68 bits per heavy atom. The lowest BCUT2D eigenvalue weighted by atomic mass is 10.2. The molecule has 3 N–H and O–H groups in total. The van der Waals surface area contributed by atoms with E-state index in [1.807, 2.05) is 20.8 Å². The molecular formula is C12H23N5O2. The predicted octanol–water partition coefficient (Wildman–Crippen LogP) is 0.752. The molecule has 1 rings (SSSR count). The Morgan fingerprint density at radius 2 is 2.05 bits per heavy atom. The van der Waals surface area contributed by atoms with Gasteiger partial charge in [-0.1, -0.05) is 25.9 Å². The van der Waals surface area contributed by atoms with Gasteiger partial charge < -0.3 is 20.4 Å². The Balaban J connectivity index is 2.40. The van der Waals surface area contributed by atoms with E-state index in [4.69, 9.17) is 4.42 Å². The Hall–Kier alpha value is -1.63. The maximum atomic E-state index is 11.8. The van der Waals surface area contributed by atoms with Gasteiger partial charge in [-0.15, -0.1) is 5.10 Å². The summed E-state index contributed by atoms with van der Waals surface area (Å²) in [5, 5.41) is 16.5. The molecule has 108 valence electrons. The van der Waals surface area contributed by atoms with Gasteiger partial charge in [0.1, 0.15) is 6.04 Å². The Labute approximate surface area is 113 Å². The summed E-state index contributed by atoms with van der Waals surface area (Å²) < 4.78 is 5.36. The van der Waals surface area contributed by atoms with Gasteiger partial charge in [0.15, 0.2) is 0 Å². The minimum absolute atomic E-state index is 0.0832. The highest BCUT2D eigenvalue weighted by molar-refractivity contribution is 5.83. The van der Waals surface area contributed by atoms with E-state index in [-0.39, 0.29) is 11.9 Å². The van der Waals surface area contributed by atoms with Crippen LogP contribution in [0.25, 0.3) is 0 Å². The number of rotatable bonds is 8. The number of hydrogen-bond donors (Lipinski definition) is 3. The van der Waals surface area contributed by atoms with Gasteiger partial charge in [-0.3, -0.25) is 4.79 Å². The molecule has 0 aliphatic rings. The van der Waals surface area contributed by atoms with Crippen LogP contribution < -0.4 is 16.0 Å². The fraction of sp³-hybridized carbons (Fsp3) is 0.750. The molecule has 19 heavy (non-hydrogen) atoms. The van der Waals surface area contributed by atoms with Crippen molar-refractivity contribution < 1.29 is 9.21 Å². The number of nitrogens with one attached hydrogen (secondary N) is 3. The van der Waals surface area contributed by atoms with Crippen LogP contribution >= 0.6 is 0 Å². The van der Waals surface area contributed by atoms with Gasteiger partial charge in [-0.25, -0.2) is 0 Å². The van der Waals surface area contributed by atoms with Crippen molar-refractivity contribution in [2.75, 3.05) is 18.4 Å². The first kappa shape index (κ1) is 15.4. The monoisotopic (exact) mass is 269 g/mol. The van der Waals surface area contributed by atoms with Crippen LogP contribution in [-0.4, -0.2) is 35.2 Å². The molecule has 0 aromatic carbocycles. The fourth-order valence-corrected chi connectivity index (χ4v) is 1.32. The van der Waals surface area contributed by atoms with Gasteiger partial charge in [-0.2, -0.15) is 0 Å². The van der Waals surface area contributed by atoms with Crippen LogP contribution in [0.15, 0.2) is 4.42 Å². The minimum atomic E-state index is -0.411. The summed E-state index contributed by atoms with van der Waals surface area (Å²) in [5.74, 6) is 0.838. The highest BCUT2D eigenvalue weighted by Crippen LogP contribution is 2.06. The van der Waals surface area contributed by atoms with Crippen molar-refractivity contribution in [1.29, 1.82) is 0 Å². The van der Waals surface area contributed by atoms with E-state index in [0.717, 1.165) is 6.54 Å². The molecule has 0 radical (unpaired) electrons. The zero-order valence-corrected chi connectivity index (χ0v) is 12.0. The molecule has 0 aliphatic heterocycles. The average Bonchev–Trinajstić information content (AvgIpc) is 2.80. The maximum Gasteiger partial charge on any atom is 0.316 e. The summed E-state index contributed by atoms with van der Waals surface area (Å²) in [7, 11) is 0. The maximum absolute atomic E-state index is 11.8. The van der Waals surface area contributed by atoms with Gasteiger partial charge in [0.05, 0.1) is 6.54 Å². The van der Waals surface area contributed by atoms with Crippen LogP contribution in [0.2, 0.25) is 0 Å².